The molecule has 0 radical (unpaired) electrons. The largest absolute Gasteiger partial charge is 0.330 e. The third-order valence-electron chi connectivity index (χ3n) is 10.5. The summed E-state index contributed by atoms with van der Waals surface area (Å²) in [6, 6.07) is 14.6. The first-order valence-electron chi connectivity index (χ1n) is 21.5. The van der Waals surface area contributed by atoms with E-state index in [0.29, 0.717) is 30.2 Å². The van der Waals surface area contributed by atoms with E-state index in [4.69, 9.17) is 0 Å². The first-order chi connectivity index (χ1) is 28.9. The van der Waals surface area contributed by atoms with Crippen molar-refractivity contribution >= 4 is 52.5 Å². The standard InChI is InChI=1S/C10H14N2.C10H12N2.2C9H13N3.C9H11N3/c2*1-8(2)12-7-5-9-4-3-6-11-10(9)12;1-7(2)12-6-11-8-3-4-10-5-9(8)12;2*1-7(2)12-6-11-8-4-3-5-10-9(8)12/h5-8H,3-4H2,1-2H3;3-8H,1-2H3;2*5-7H,3-4H2,1-2H3;3-7H,1-2H3. The van der Waals surface area contributed by atoms with Crippen LogP contribution < -0.4 is 0 Å². The number of hydrogen-bond donors (Lipinski definition) is 0. The molecular weight excluding hydrogens is 747 g/mol. The van der Waals surface area contributed by atoms with E-state index in [9.17, 15) is 0 Å². The summed E-state index contributed by atoms with van der Waals surface area (Å²) in [5, 5.41) is 1.21. The van der Waals surface area contributed by atoms with Gasteiger partial charge in [0.05, 0.1) is 36.1 Å². The summed E-state index contributed by atoms with van der Waals surface area (Å²) in [5.74, 6) is 2.22. The van der Waals surface area contributed by atoms with Gasteiger partial charge in [0.1, 0.15) is 17.0 Å². The number of imidazole rings is 3. The Kier molecular flexibility index (Phi) is 14.8. The monoisotopic (exact) mass is 810 g/mol. The number of nitrogens with zero attached hydrogens (tertiary/aromatic N) is 13. The average Bonchev–Trinajstić information content (AvgIpc) is 4.10. The normalized spacial score (nSPS) is 13.7. The zero-order valence-corrected chi connectivity index (χ0v) is 37.2. The second kappa shape index (κ2) is 20.3. The van der Waals surface area contributed by atoms with Crippen molar-refractivity contribution in [2.45, 2.75) is 132 Å². The lowest BCUT2D eigenvalue weighted by Gasteiger charge is -2.12. The van der Waals surface area contributed by atoms with E-state index >= 15 is 0 Å². The highest BCUT2D eigenvalue weighted by atomic mass is 15.2. The van der Waals surface area contributed by atoms with Crippen LogP contribution in [-0.2, 0) is 19.3 Å². The maximum absolute atomic E-state index is 4.41. The first-order valence-corrected chi connectivity index (χ1v) is 21.5. The van der Waals surface area contributed by atoms with Crippen molar-refractivity contribution in [3.63, 3.8) is 0 Å². The minimum atomic E-state index is 0.421. The van der Waals surface area contributed by atoms with Gasteiger partial charge >= 0.3 is 0 Å². The van der Waals surface area contributed by atoms with E-state index in [-0.39, 0.29) is 0 Å². The van der Waals surface area contributed by atoms with Crippen LogP contribution in [0, 0.1) is 0 Å². The minimum absolute atomic E-state index is 0.421. The molecule has 316 valence electrons. The average molecular weight is 810 g/mol. The summed E-state index contributed by atoms with van der Waals surface area (Å²) < 4.78 is 10.7. The van der Waals surface area contributed by atoms with Gasteiger partial charge in [0.15, 0.2) is 11.5 Å². The molecule has 10 heterocycles. The highest BCUT2D eigenvalue weighted by Crippen LogP contribution is 2.28. The molecule has 13 nitrogen and oxygen atoms in total. The zero-order chi connectivity index (χ0) is 42.8. The Morgan fingerprint density at radius 1 is 0.500 bits per heavy atom. The van der Waals surface area contributed by atoms with Crippen LogP contribution >= 0.6 is 0 Å². The molecule has 0 aromatic carbocycles. The number of fused-ring (bicyclic) bond motifs is 5. The van der Waals surface area contributed by atoms with E-state index in [1.165, 1.54) is 22.3 Å². The second-order valence-electron chi connectivity index (χ2n) is 16.6. The summed E-state index contributed by atoms with van der Waals surface area (Å²) in [4.78, 5) is 34.5. The molecule has 7 aromatic heterocycles. The Hall–Kier alpha value is -5.98. The van der Waals surface area contributed by atoms with Crippen LogP contribution in [-0.4, -0.2) is 72.9 Å². The Morgan fingerprint density at radius 3 is 1.82 bits per heavy atom. The van der Waals surface area contributed by atoms with E-state index in [0.717, 1.165) is 72.8 Å². The van der Waals surface area contributed by atoms with Crippen molar-refractivity contribution in [2.24, 2.45) is 15.0 Å². The van der Waals surface area contributed by atoms with Gasteiger partial charge in [-0.1, -0.05) is 0 Å². The van der Waals surface area contributed by atoms with Crippen molar-refractivity contribution in [2.75, 3.05) is 6.54 Å². The lowest BCUT2D eigenvalue weighted by atomic mass is 10.1. The fourth-order valence-electron chi connectivity index (χ4n) is 7.18. The highest BCUT2D eigenvalue weighted by Gasteiger charge is 2.15. The van der Waals surface area contributed by atoms with Gasteiger partial charge in [0.25, 0.3) is 0 Å². The Bertz CT molecular complexity index is 2280. The van der Waals surface area contributed by atoms with Crippen LogP contribution in [0.3, 0.4) is 0 Å². The zero-order valence-electron chi connectivity index (χ0n) is 37.2. The third kappa shape index (κ3) is 10.4. The van der Waals surface area contributed by atoms with Gasteiger partial charge in [-0.3, -0.25) is 4.99 Å². The molecule has 3 aliphatic heterocycles. The quantitative estimate of drug-likeness (QED) is 0.171. The molecular formula is C47H63N13. The molecule has 0 amide bonds. The lowest BCUT2D eigenvalue weighted by Crippen LogP contribution is -2.09. The van der Waals surface area contributed by atoms with E-state index in [1.807, 2.05) is 62.0 Å². The number of pyridine rings is 2. The summed E-state index contributed by atoms with van der Waals surface area (Å²) >= 11 is 0. The van der Waals surface area contributed by atoms with Gasteiger partial charge in [0.2, 0.25) is 0 Å². The van der Waals surface area contributed by atoms with Gasteiger partial charge in [0, 0.05) is 92.0 Å². The van der Waals surface area contributed by atoms with Gasteiger partial charge in [-0.25, -0.2) is 34.9 Å². The molecule has 7 aromatic rings. The maximum atomic E-state index is 4.41. The molecule has 60 heavy (non-hydrogen) atoms. The van der Waals surface area contributed by atoms with Crippen LogP contribution in [0.5, 0.6) is 0 Å². The minimum Gasteiger partial charge on any atom is -0.330 e. The van der Waals surface area contributed by atoms with Gasteiger partial charge in [-0.2, -0.15) is 0 Å². The van der Waals surface area contributed by atoms with E-state index in [2.05, 4.69) is 163 Å². The van der Waals surface area contributed by atoms with Crippen LogP contribution in [0.25, 0.3) is 22.2 Å². The molecule has 0 fully saturated rings. The van der Waals surface area contributed by atoms with Crippen LogP contribution in [0.4, 0.5) is 11.6 Å². The molecule has 0 saturated carbocycles. The number of hydrogen-bond acceptors (Lipinski definition) is 8. The topological polar surface area (TPSA) is 126 Å². The second-order valence-corrected chi connectivity index (χ2v) is 16.6. The summed E-state index contributed by atoms with van der Waals surface area (Å²) in [6.45, 7) is 22.4. The van der Waals surface area contributed by atoms with Crippen molar-refractivity contribution in [1.82, 2.24) is 47.8 Å². The fourth-order valence-corrected chi connectivity index (χ4v) is 7.18. The van der Waals surface area contributed by atoms with Crippen molar-refractivity contribution < 1.29 is 0 Å². The Balaban J connectivity index is 0.000000126. The van der Waals surface area contributed by atoms with Crippen molar-refractivity contribution in [3.8, 4) is 0 Å². The molecule has 0 spiro atoms. The molecule has 0 unspecified atom stereocenters. The van der Waals surface area contributed by atoms with Gasteiger partial charge in [-0.15, -0.1) is 0 Å². The summed E-state index contributed by atoms with van der Waals surface area (Å²) in [5.41, 5.74) is 7.93. The van der Waals surface area contributed by atoms with Gasteiger partial charge < -0.3 is 22.8 Å². The molecule has 10 rings (SSSR count). The number of aryl methyl sites for hydroxylation is 2. The molecule has 0 N–H and O–H groups in total. The maximum Gasteiger partial charge on any atom is 0.160 e. The van der Waals surface area contributed by atoms with Crippen LogP contribution in [0.15, 0.2) is 95.1 Å². The van der Waals surface area contributed by atoms with Crippen LogP contribution in [0.2, 0.25) is 0 Å². The lowest BCUT2D eigenvalue weighted by molar-refractivity contribution is 0.595. The van der Waals surface area contributed by atoms with E-state index < -0.39 is 0 Å². The Labute approximate surface area is 355 Å². The third-order valence-corrected chi connectivity index (χ3v) is 10.5. The first kappa shape index (κ1) is 43.6. The molecule has 0 atom stereocenters. The SMILES string of the molecule is CC(C)n1ccc2c1N=CCC2.CC(C)n1ccc2cccnc21.CC(C)n1cnc2c1C=NCC2.CC(C)n1cnc2c1N=CCC2.CC(C)n1cnc2cccnc21. The molecule has 0 aliphatic carbocycles. The highest BCUT2D eigenvalue weighted by molar-refractivity contribution is 5.80. The number of aromatic nitrogens is 10. The summed E-state index contributed by atoms with van der Waals surface area (Å²) in [6.07, 6.45) is 24.7. The predicted molar refractivity (Wildman–Crippen MR) is 247 cm³/mol. The van der Waals surface area contributed by atoms with Gasteiger partial charge in [-0.05, 0) is 137 Å². The molecule has 0 bridgehead atoms. The predicted octanol–water partition coefficient (Wildman–Crippen LogP) is 10.9. The summed E-state index contributed by atoms with van der Waals surface area (Å²) in [7, 11) is 0. The number of aliphatic imine (C=N–C) groups is 3. The smallest absolute Gasteiger partial charge is 0.160 e. The van der Waals surface area contributed by atoms with E-state index in [1.54, 1.807) is 6.20 Å². The molecule has 0 saturated heterocycles. The Morgan fingerprint density at radius 2 is 1.10 bits per heavy atom. The van der Waals surface area contributed by atoms with Crippen molar-refractivity contribution in [3.05, 3.63) is 103 Å². The fraction of sp³-hybridized carbons (Fsp3) is 0.447. The number of rotatable bonds is 5. The van der Waals surface area contributed by atoms with Crippen molar-refractivity contribution in [1.29, 1.82) is 0 Å². The van der Waals surface area contributed by atoms with Crippen LogP contribution in [0.1, 0.15) is 135 Å². The molecule has 3 aliphatic rings. The molecule has 13 heteroatoms.